The van der Waals surface area contributed by atoms with Crippen LogP contribution in [0.25, 0.3) is 82.4 Å². The molecular weight excluding hydrogens is 546 g/mol. The molecule has 9 aromatic rings. The van der Waals surface area contributed by atoms with Gasteiger partial charge in [0.25, 0.3) is 0 Å². The number of benzene rings is 6. The molecule has 0 aliphatic carbocycles. The average Bonchev–Trinajstić information content (AvgIpc) is 3.45. The van der Waals surface area contributed by atoms with Crippen LogP contribution in [0.4, 0.5) is 0 Å². The van der Waals surface area contributed by atoms with Crippen LogP contribution in [0, 0.1) is 0 Å². The first kappa shape index (κ1) is 25.4. The molecule has 9 rings (SSSR count). The van der Waals surface area contributed by atoms with Crippen LogP contribution in [-0.4, -0.2) is 14.5 Å². The molecule has 0 bridgehead atoms. The number of para-hydroxylation sites is 2. The fourth-order valence-corrected chi connectivity index (χ4v) is 7.02. The second-order valence-corrected chi connectivity index (χ2v) is 11.5. The maximum Gasteiger partial charge on any atom is 0.0541 e. The quantitative estimate of drug-likeness (QED) is 0.196. The molecule has 0 radical (unpaired) electrons. The molecule has 3 nitrogen and oxygen atoms in total. The van der Waals surface area contributed by atoms with E-state index in [-0.39, 0.29) is 0 Å². The molecule has 0 amide bonds. The van der Waals surface area contributed by atoms with Crippen molar-refractivity contribution in [3.8, 4) is 39.1 Å². The van der Waals surface area contributed by atoms with Gasteiger partial charge in [-0.1, -0.05) is 103 Å². The van der Waals surface area contributed by atoms with Crippen molar-refractivity contribution in [2.75, 3.05) is 0 Å². The van der Waals surface area contributed by atoms with Crippen LogP contribution in [0.3, 0.4) is 0 Å². The van der Waals surface area contributed by atoms with E-state index in [0.717, 1.165) is 22.4 Å². The maximum atomic E-state index is 4.69. The summed E-state index contributed by atoms with van der Waals surface area (Å²) < 4.78 is 2.39. The van der Waals surface area contributed by atoms with Crippen molar-refractivity contribution in [2.24, 2.45) is 0 Å². The molecule has 3 heteroatoms. The van der Waals surface area contributed by atoms with E-state index in [0.29, 0.717) is 0 Å². The lowest BCUT2D eigenvalue weighted by Crippen LogP contribution is -1.95. The Kier molecular flexibility index (Phi) is 5.82. The van der Waals surface area contributed by atoms with Gasteiger partial charge in [-0.15, -0.1) is 0 Å². The highest BCUT2D eigenvalue weighted by Gasteiger charge is 2.18. The molecule has 210 valence electrons. The molecule has 0 N–H and O–H groups in total. The Labute approximate surface area is 260 Å². The van der Waals surface area contributed by atoms with Crippen molar-refractivity contribution in [2.45, 2.75) is 0 Å². The van der Waals surface area contributed by atoms with Gasteiger partial charge in [0.2, 0.25) is 0 Å². The van der Waals surface area contributed by atoms with Crippen molar-refractivity contribution in [1.29, 1.82) is 0 Å². The SMILES string of the molecule is c1cncc(-c2cncc(-c3c4ccccc4c(-c4cccc(-n5c6ccccc6c6ccccc65)c4)c4ccccc34)c2)c1. The van der Waals surface area contributed by atoms with Crippen LogP contribution in [0.15, 0.2) is 164 Å². The van der Waals surface area contributed by atoms with Crippen LogP contribution in [-0.2, 0) is 0 Å². The van der Waals surface area contributed by atoms with E-state index in [1.807, 2.05) is 24.7 Å². The van der Waals surface area contributed by atoms with E-state index in [9.17, 15) is 0 Å². The lowest BCUT2D eigenvalue weighted by Gasteiger charge is -2.18. The smallest absolute Gasteiger partial charge is 0.0541 e. The highest BCUT2D eigenvalue weighted by atomic mass is 15.0. The van der Waals surface area contributed by atoms with Gasteiger partial charge in [-0.2, -0.15) is 0 Å². The summed E-state index contributed by atoms with van der Waals surface area (Å²) in [5.74, 6) is 0. The van der Waals surface area contributed by atoms with Gasteiger partial charge in [0.15, 0.2) is 0 Å². The number of rotatable bonds is 4. The minimum atomic E-state index is 1.05. The second kappa shape index (κ2) is 10.3. The monoisotopic (exact) mass is 573 g/mol. The highest BCUT2D eigenvalue weighted by molar-refractivity contribution is 6.21. The van der Waals surface area contributed by atoms with E-state index in [1.165, 1.54) is 60.0 Å². The lowest BCUT2D eigenvalue weighted by molar-refractivity contribution is 1.18. The first-order valence-electron chi connectivity index (χ1n) is 15.2. The molecule has 3 heterocycles. The average molecular weight is 574 g/mol. The fraction of sp³-hybridized carbons (Fsp3) is 0. The third-order valence-electron chi connectivity index (χ3n) is 8.93. The van der Waals surface area contributed by atoms with E-state index in [2.05, 4.69) is 143 Å². The normalized spacial score (nSPS) is 11.6. The van der Waals surface area contributed by atoms with Gasteiger partial charge in [-0.3, -0.25) is 9.97 Å². The van der Waals surface area contributed by atoms with Gasteiger partial charge in [0, 0.05) is 57.9 Å². The maximum absolute atomic E-state index is 4.69. The predicted octanol–water partition coefficient (Wildman–Crippen LogP) is 10.9. The second-order valence-electron chi connectivity index (χ2n) is 11.5. The number of pyridine rings is 2. The summed E-state index contributed by atoms with van der Waals surface area (Å²) in [7, 11) is 0. The van der Waals surface area contributed by atoms with E-state index >= 15 is 0 Å². The Balaban J connectivity index is 1.31. The topological polar surface area (TPSA) is 30.7 Å². The van der Waals surface area contributed by atoms with Crippen LogP contribution in [0.5, 0.6) is 0 Å². The molecule has 0 atom stereocenters. The van der Waals surface area contributed by atoms with Crippen LogP contribution >= 0.6 is 0 Å². The van der Waals surface area contributed by atoms with Gasteiger partial charge in [-0.05, 0) is 74.6 Å². The summed E-state index contributed by atoms with van der Waals surface area (Å²) in [6, 6.07) is 50.2. The molecule has 0 unspecified atom stereocenters. The van der Waals surface area contributed by atoms with Crippen molar-refractivity contribution in [1.82, 2.24) is 14.5 Å². The molecule has 0 saturated heterocycles. The molecule has 0 aliphatic rings. The molecule has 45 heavy (non-hydrogen) atoms. The molecule has 0 spiro atoms. The minimum absolute atomic E-state index is 1.05. The summed E-state index contributed by atoms with van der Waals surface area (Å²) in [4.78, 5) is 9.03. The Morgan fingerprint density at radius 2 is 0.867 bits per heavy atom. The Morgan fingerprint density at radius 1 is 0.356 bits per heavy atom. The number of fused-ring (bicyclic) bond motifs is 5. The summed E-state index contributed by atoms with van der Waals surface area (Å²) in [5.41, 5.74) is 10.4. The van der Waals surface area contributed by atoms with Gasteiger partial charge < -0.3 is 4.57 Å². The predicted molar refractivity (Wildman–Crippen MR) is 188 cm³/mol. The fourth-order valence-electron chi connectivity index (χ4n) is 7.02. The molecule has 0 fully saturated rings. The highest BCUT2D eigenvalue weighted by Crippen LogP contribution is 2.44. The van der Waals surface area contributed by atoms with Gasteiger partial charge in [0.05, 0.1) is 11.0 Å². The third-order valence-corrected chi connectivity index (χ3v) is 8.93. The van der Waals surface area contributed by atoms with Gasteiger partial charge in [-0.25, -0.2) is 0 Å². The first-order chi connectivity index (χ1) is 22.3. The van der Waals surface area contributed by atoms with Crippen molar-refractivity contribution >= 4 is 43.4 Å². The molecule has 3 aromatic heterocycles. The van der Waals surface area contributed by atoms with Gasteiger partial charge in [0.1, 0.15) is 0 Å². The van der Waals surface area contributed by atoms with Crippen LogP contribution < -0.4 is 0 Å². The third kappa shape index (κ3) is 4.05. The first-order valence-corrected chi connectivity index (χ1v) is 15.2. The Bertz CT molecular complexity index is 2430. The summed E-state index contributed by atoms with van der Waals surface area (Å²) >= 11 is 0. The summed E-state index contributed by atoms with van der Waals surface area (Å²) in [5, 5.41) is 7.38. The Hall–Kier alpha value is -6.06. The van der Waals surface area contributed by atoms with Gasteiger partial charge >= 0.3 is 0 Å². The minimum Gasteiger partial charge on any atom is -0.309 e. The number of hydrogen-bond donors (Lipinski definition) is 0. The van der Waals surface area contributed by atoms with Crippen LogP contribution in [0.1, 0.15) is 0 Å². The van der Waals surface area contributed by atoms with E-state index < -0.39 is 0 Å². The zero-order valence-electron chi connectivity index (χ0n) is 24.4. The van der Waals surface area contributed by atoms with Crippen molar-refractivity contribution in [3.63, 3.8) is 0 Å². The number of hydrogen-bond acceptors (Lipinski definition) is 2. The van der Waals surface area contributed by atoms with Crippen molar-refractivity contribution in [3.05, 3.63) is 164 Å². The summed E-state index contributed by atoms with van der Waals surface area (Å²) in [6.45, 7) is 0. The molecule has 6 aromatic carbocycles. The zero-order chi connectivity index (χ0) is 29.7. The largest absolute Gasteiger partial charge is 0.309 e. The van der Waals surface area contributed by atoms with Crippen molar-refractivity contribution < 1.29 is 0 Å². The van der Waals surface area contributed by atoms with Crippen LogP contribution in [0.2, 0.25) is 0 Å². The lowest BCUT2D eigenvalue weighted by atomic mass is 9.86. The molecule has 0 aliphatic heterocycles. The molecule has 0 saturated carbocycles. The Morgan fingerprint density at radius 3 is 1.47 bits per heavy atom. The van der Waals surface area contributed by atoms with E-state index in [1.54, 1.807) is 6.20 Å². The number of nitrogens with zero attached hydrogens (tertiary/aromatic N) is 3. The number of aromatic nitrogens is 3. The van der Waals surface area contributed by atoms with E-state index in [4.69, 9.17) is 4.98 Å². The zero-order valence-corrected chi connectivity index (χ0v) is 24.4. The summed E-state index contributed by atoms with van der Waals surface area (Å²) in [6.07, 6.45) is 7.59. The molecular formula is C42H27N3. The standard InChI is InChI=1S/C42H27N3/c1-3-18-37-35(16-1)41(28-11-9-13-32(24-28)45-39-20-7-5-14-33(39)34-15-6-8-21-40(34)45)36-17-2-4-19-38(36)42(37)31-23-30(26-44-27-31)29-12-10-22-43-25-29/h1-27H.